The minimum Gasteiger partial charge on any atom is -0.476 e. The average Bonchev–Trinajstić information content (AvgIpc) is 2.99. The predicted molar refractivity (Wildman–Crippen MR) is 80.9 cm³/mol. The van der Waals surface area contributed by atoms with E-state index >= 15 is 0 Å². The highest BCUT2D eigenvalue weighted by atomic mass is 79.9. The number of nitrogens with zero attached hydrogens (tertiary/aromatic N) is 3. The molecule has 0 aromatic carbocycles. The quantitative estimate of drug-likeness (QED) is 0.918. The summed E-state index contributed by atoms with van der Waals surface area (Å²) in [6.07, 6.45) is 7.15. The largest absolute Gasteiger partial charge is 0.476 e. The zero-order chi connectivity index (χ0) is 14.1. The Labute approximate surface area is 128 Å². The summed E-state index contributed by atoms with van der Waals surface area (Å²) in [5.74, 6) is -1.02. The van der Waals surface area contributed by atoms with E-state index in [2.05, 4.69) is 32.1 Å². The van der Waals surface area contributed by atoms with Gasteiger partial charge in [0.25, 0.3) is 0 Å². The minimum atomic E-state index is -1.02. The lowest BCUT2D eigenvalue weighted by atomic mass is 10.1. The van der Waals surface area contributed by atoms with Crippen LogP contribution in [0.2, 0.25) is 0 Å². The van der Waals surface area contributed by atoms with Gasteiger partial charge in [-0.25, -0.2) is 9.78 Å². The van der Waals surface area contributed by atoms with Crippen molar-refractivity contribution < 1.29 is 9.90 Å². The van der Waals surface area contributed by atoms with Gasteiger partial charge >= 0.3 is 5.97 Å². The Bertz CT molecular complexity index is 666. The number of fused-ring (bicyclic) bond motifs is 1. The molecule has 5 nitrogen and oxygen atoms in total. The van der Waals surface area contributed by atoms with E-state index in [0.717, 1.165) is 18.7 Å². The third-order valence-electron chi connectivity index (χ3n) is 3.14. The predicted octanol–water partition coefficient (Wildman–Crippen LogP) is 3.31. The van der Waals surface area contributed by atoms with E-state index in [1.54, 1.807) is 6.08 Å². The average molecular weight is 354 g/mol. The van der Waals surface area contributed by atoms with Crippen LogP contribution in [-0.2, 0) is 13.0 Å². The lowest BCUT2D eigenvalue weighted by molar-refractivity contribution is 0.0690. The summed E-state index contributed by atoms with van der Waals surface area (Å²) >= 11 is 4.51. The molecule has 20 heavy (non-hydrogen) atoms. The molecule has 7 heteroatoms. The van der Waals surface area contributed by atoms with Gasteiger partial charge in [-0.05, 0) is 53.4 Å². The summed E-state index contributed by atoms with van der Waals surface area (Å²) < 4.78 is 2.58. The molecule has 1 N–H and O–H groups in total. The van der Waals surface area contributed by atoms with Crippen molar-refractivity contribution in [3.63, 3.8) is 0 Å². The topological polar surface area (TPSA) is 68.0 Å². The zero-order valence-corrected chi connectivity index (χ0v) is 12.9. The van der Waals surface area contributed by atoms with Gasteiger partial charge < -0.3 is 5.11 Å². The molecular formula is C13H12BrN3O2S. The first-order valence-corrected chi connectivity index (χ1v) is 7.89. The minimum absolute atomic E-state index is 0.0544. The Balaban J connectivity index is 1.81. The fourth-order valence-corrected chi connectivity index (χ4v) is 3.64. The first-order valence-electron chi connectivity index (χ1n) is 6.28. The molecular weight excluding hydrogens is 342 g/mol. The van der Waals surface area contributed by atoms with Crippen LogP contribution in [0, 0.1) is 0 Å². The van der Waals surface area contributed by atoms with Crippen LogP contribution in [0.15, 0.2) is 9.85 Å². The summed E-state index contributed by atoms with van der Waals surface area (Å²) in [7, 11) is 0. The van der Waals surface area contributed by atoms with Crippen LogP contribution in [0.5, 0.6) is 0 Å². The van der Waals surface area contributed by atoms with Crippen molar-refractivity contribution in [1.29, 1.82) is 0 Å². The molecule has 2 aromatic rings. The van der Waals surface area contributed by atoms with Crippen LogP contribution >= 0.6 is 27.3 Å². The van der Waals surface area contributed by atoms with Crippen LogP contribution < -0.4 is 0 Å². The van der Waals surface area contributed by atoms with Gasteiger partial charge in [-0.1, -0.05) is 0 Å². The highest BCUT2D eigenvalue weighted by molar-refractivity contribution is 9.11. The van der Waals surface area contributed by atoms with Gasteiger partial charge in [0, 0.05) is 12.2 Å². The van der Waals surface area contributed by atoms with E-state index in [1.807, 2.05) is 10.8 Å². The Hall–Kier alpha value is -1.47. The maximum Gasteiger partial charge on any atom is 0.356 e. The summed E-state index contributed by atoms with van der Waals surface area (Å²) in [4.78, 5) is 15.0. The standard InChI is InChI=1S/C13H12BrN3O2S/c14-12-11(13(18)19)15-10(20-12)5-4-8-7-9-3-1-2-6-17(9)16-8/h4-5,7H,1-3,6H2,(H,18,19)/b5-4+. The van der Waals surface area contributed by atoms with Crippen LogP contribution in [0.1, 0.15) is 39.7 Å². The number of aromatic nitrogens is 3. The van der Waals surface area contributed by atoms with Crippen LogP contribution in [0.3, 0.4) is 0 Å². The molecule has 104 valence electrons. The van der Waals surface area contributed by atoms with Gasteiger partial charge in [0.05, 0.1) is 5.69 Å². The van der Waals surface area contributed by atoms with E-state index < -0.39 is 5.97 Å². The summed E-state index contributed by atoms with van der Waals surface area (Å²) in [5.41, 5.74) is 2.21. The summed E-state index contributed by atoms with van der Waals surface area (Å²) in [5, 5.41) is 14.1. The normalized spacial score (nSPS) is 14.7. The molecule has 0 fully saturated rings. The first-order chi connectivity index (χ1) is 9.63. The molecule has 1 aliphatic heterocycles. The van der Waals surface area contributed by atoms with Gasteiger partial charge in [-0.2, -0.15) is 5.10 Å². The SMILES string of the molecule is O=C(O)c1nc(/C=C/c2cc3n(n2)CCCC3)sc1Br. The Morgan fingerprint density at radius 3 is 3.00 bits per heavy atom. The van der Waals surface area contributed by atoms with E-state index in [-0.39, 0.29) is 5.69 Å². The maximum atomic E-state index is 10.9. The molecule has 3 rings (SSSR count). The van der Waals surface area contributed by atoms with Gasteiger partial charge in [-0.3, -0.25) is 4.68 Å². The molecule has 0 saturated heterocycles. The van der Waals surface area contributed by atoms with Crippen molar-refractivity contribution in [3.8, 4) is 0 Å². The Kier molecular flexibility index (Phi) is 3.71. The third kappa shape index (κ3) is 2.69. The van der Waals surface area contributed by atoms with Gasteiger partial charge in [0.2, 0.25) is 0 Å². The number of aryl methyl sites for hydroxylation is 2. The molecule has 0 spiro atoms. The molecule has 1 aliphatic rings. The number of carboxylic acid groups (broad SMARTS) is 1. The van der Waals surface area contributed by atoms with Crippen molar-refractivity contribution in [2.75, 3.05) is 0 Å². The second kappa shape index (κ2) is 5.49. The smallest absolute Gasteiger partial charge is 0.356 e. The van der Waals surface area contributed by atoms with Crippen molar-refractivity contribution in [3.05, 3.63) is 31.9 Å². The highest BCUT2D eigenvalue weighted by Gasteiger charge is 2.14. The van der Waals surface area contributed by atoms with E-state index in [4.69, 9.17) is 5.11 Å². The second-order valence-corrected chi connectivity index (χ2v) is 6.90. The highest BCUT2D eigenvalue weighted by Crippen LogP contribution is 2.26. The van der Waals surface area contributed by atoms with Crippen molar-refractivity contribution >= 4 is 45.4 Å². The number of halogens is 1. The third-order valence-corrected chi connectivity index (χ3v) is 4.81. The Morgan fingerprint density at radius 1 is 1.45 bits per heavy atom. The summed E-state index contributed by atoms with van der Waals surface area (Å²) in [6.45, 7) is 0.981. The summed E-state index contributed by atoms with van der Waals surface area (Å²) in [6, 6.07) is 2.08. The van der Waals surface area contributed by atoms with E-state index in [9.17, 15) is 4.79 Å². The molecule has 0 amide bonds. The van der Waals surface area contributed by atoms with Gasteiger partial charge in [0.1, 0.15) is 8.79 Å². The van der Waals surface area contributed by atoms with Crippen LogP contribution in [0.4, 0.5) is 0 Å². The molecule has 0 aliphatic carbocycles. The van der Waals surface area contributed by atoms with Gasteiger partial charge in [-0.15, -0.1) is 11.3 Å². The fourth-order valence-electron chi connectivity index (χ4n) is 2.20. The van der Waals surface area contributed by atoms with Gasteiger partial charge in [0.15, 0.2) is 5.69 Å². The molecule has 0 unspecified atom stereocenters. The van der Waals surface area contributed by atoms with Crippen molar-refractivity contribution in [2.45, 2.75) is 25.8 Å². The molecule has 0 bridgehead atoms. The van der Waals surface area contributed by atoms with Crippen LogP contribution in [0.25, 0.3) is 12.2 Å². The lowest BCUT2D eigenvalue weighted by Gasteiger charge is -2.11. The number of hydrogen-bond donors (Lipinski definition) is 1. The second-order valence-electron chi connectivity index (χ2n) is 4.55. The molecule has 0 saturated carbocycles. The molecule has 2 aromatic heterocycles. The molecule has 0 atom stereocenters. The van der Waals surface area contributed by atoms with E-state index in [0.29, 0.717) is 8.79 Å². The first kappa shape index (κ1) is 13.5. The zero-order valence-electron chi connectivity index (χ0n) is 10.5. The molecule has 3 heterocycles. The molecule has 0 radical (unpaired) electrons. The number of thiazole rings is 1. The number of hydrogen-bond acceptors (Lipinski definition) is 4. The fraction of sp³-hybridized carbons (Fsp3) is 0.308. The number of rotatable bonds is 3. The van der Waals surface area contributed by atoms with Crippen molar-refractivity contribution in [1.82, 2.24) is 14.8 Å². The lowest BCUT2D eigenvalue weighted by Crippen LogP contribution is -2.10. The van der Waals surface area contributed by atoms with E-state index in [1.165, 1.54) is 29.9 Å². The number of carboxylic acids is 1. The Morgan fingerprint density at radius 2 is 2.30 bits per heavy atom. The number of carbonyl (C=O) groups is 1. The number of aromatic carboxylic acids is 1. The van der Waals surface area contributed by atoms with Crippen LogP contribution in [-0.4, -0.2) is 25.8 Å². The van der Waals surface area contributed by atoms with Crippen molar-refractivity contribution in [2.24, 2.45) is 0 Å². The monoisotopic (exact) mass is 353 g/mol. The maximum absolute atomic E-state index is 10.9.